The van der Waals surface area contributed by atoms with Crippen molar-refractivity contribution in [1.29, 1.82) is 0 Å². The number of halogens is 2. The van der Waals surface area contributed by atoms with Gasteiger partial charge in [-0.1, -0.05) is 54.7 Å². The molecule has 0 aromatic heterocycles. The highest BCUT2D eigenvalue weighted by Crippen LogP contribution is 2.27. The second kappa shape index (κ2) is 12.2. The minimum Gasteiger partial charge on any atom is -0.354 e. The molecule has 1 heterocycles. The van der Waals surface area contributed by atoms with E-state index in [1.54, 1.807) is 49.4 Å². The Morgan fingerprint density at radius 3 is 2.14 bits per heavy atom. The van der Waals surface area contributed by atoms with Crippen molar-refractivity contribution in [1.82, 2.24) is 15.1 Å². The first-order valence-corrected chi connectivity index (χ1v) is 12.5. The molecule has 1 atom stereocenters. The van der Waals surface area contributed by atoms with E-state index in [9.17, 15) is 19.2 Å². The third kappa shape index (κ3) is 6.21. The molecule has 0 spiro atoms. The summed E-state index contributed by atoms with van der Waals surface area (Å²) in [6, 6.07) is 11.0. The van der Waals surface area contributed by atoms with Gasteiger partial charge in [0.2, 0.25) is 11.8 Å². The third-order valence-electron chi connectivity index (χ3n) is 6.04. The fraction of sp³-hybridized carbons (Fsp3) is 0.385. The summed E-state index contributed by atoms with van der Waals surface area (Å²) in [5.41, 5.74) is 1.30. The number of rotatable bonds is 11. The molecule has 3 rings (SSSR count). The van der Waals surface area contributed by atoms with E-state index in [1.165, 1.54) is 4.90 Å². The van der Waals surface area contributed by atoms with Crippen molar-refractivity contribution in [2.45, 2.75) is 52.1 Å². The molecule has 2 aromatic rings. The Labute approximate surface area is 215 Å². The number of hydrogen-bond donors (Lipinski definition) is 1. The molecule has 1 aliphatic rings. The zero-order chi connectivity index (χ0) is 25.5. The Hall–Kier alpha value is -2.90. The lowest BCUT2D eigenvalue weighted by atomic mass is 10.1. The Bertz CT molecular complexity index is 1070. The minimum absolute atomic E-state index is 0.0437. The molecular formula is C26H29Cl2N3O4. The van der Waals surface area contributed by atoms with Gasteiger partial charge in [-0.2, -0.15) is 0 Å². The number of hydrogen-bond acceptors (Lipinski definition) is 4. The quantitative estimate of drug-likeness (QED) is 0.345. The molecule has 35 heavy (non-hydrogen) atoms. The first-order valence-electron chi connectivity index (χ1n) is 11.7. The van der Waals surface area contributed by atoms with E-state index in [0.717, 1.165) is 17.7 Å². The molecule has 2 aromatic carbocycles. The Kier molecular flexibility index (Phi) is 9.29. The summed E-state index contributed by atoms with van der Waals surface area (Å²) in [4.78, 5) is 53.8. The number of unbranched alkanes of at least 4 members (excludes halogenated alkanes) is 1. The molecule has 0 bridgehead atoms. The maximum absolute atomic E-state index is 13.3. The lowest BCUT2D eigenvalue weighted by molar-refractivity contribution is -0.140. The second-order valence-corrected chi connectivity index (χ2v) is 9.27. The molecule has 0 saturated heterocycles. The first-order chi connectivity index (χ1) is 16.8. The summed E-state index contributed by atoms with van der Waals surface area (Å²) in [5, 5.41) is 3.67. The Morgan fingerprint density at radius 2 is 1.57 bits per heavy atom. The van der Waals surface area contributed by atoms with E-state index in [2.05, 4.69) is 5.32 Å². The van der Waals surface area contributed by atoms with Gasteiger partial charge in [-0.15, -0.1) is 0 Å². The number of carbonyl (C=O) groups is 4. The number of nitrogens with zero attached hydrogens (tertiary/aromatic N) is 2. The lowest BCUT2D eigenvalue weighted by Gasteiger charge is -2.29. The number of carbonyl (C=O) groups excluding carboxylic acids is 4. The molecule has 0 fully saturated rings. The van der Waals surface area contributed by atoms with Crippen LogP contribution in [0, 0.1) is 0 Å². The van der Waals surface area contributed by atoms with Crippen molar-refractivity contribution in [3.63, 3.8) is 0 Å². The van der Waals surface area contributed by atoms with Gasteiger partial charge in [0.1, 0.15) is 6.04 Å². The smallest absolute Gasteiger partial charge is 0.261 e. The molecular weight excluding hydrogens is 489 g/mol. The van der Waals surface area contributed by atoms with Crippen LogP contribution in [0.5, 0.6) is 0 Å². The van der Waals surface area contributed by atoms with Gasteiger partial charge in [0, 0.05) is 41.7 Å². The fourth-order valence-electron chi connectivity index (χ4n) is 3.95. The highest BCUT2D eigenvalue weighted by molar-refractivity contribution is 6.36. The summed E-state index contributed by atoms with van der Waals surface area (Å²) in [6.45, 7) is 4.38. The SMILES string of the molecule is CCCCNC(=O)[C@H](C)N(Cc1c(Cl)cccc1Cl)C(=O)CCCN1C(=O)c2ccccc2C1=O. The molecule has 0 saturated carbocycles. The average molecular weight is 518 g/mol. The van der Waals surface area contributed by atoms with E-state index in [0.29, 0.717) is 33.3 Å². The summed E-state index contributed by atoms with van der Waals surface area (Å²) in [7, 11) is 0. The molecule has 7 nitrogen and oxygen atoms in total. The van der Waals surface area contributed by atoms with Crippen LogP contribution in [0.15, 0.2) is 42.5 Å². The maximum Gasteiger partial charge on any atom is 0.261 e. The van der Waals surface area contributed by atoms with Crippen LogP contribution in [-0.2, 0) is 16.1 Å². The van der Waals surface area contributed by atoms with Crippen LogP contribution in [0.2, 0.25) is 10.0 Å². The fourth-order valence-corrected chi connectivity index (χ4v) is 4.46. The number of benzene rings is 2. The van der Waals surface area contributed by atoms with Crippen molar-refractivity contribution in [2.24, 2.45) is 0 Å². The van der Waals surface area contributed by atoms with Gasteiger partial charge in [-0.3, -0.25) is 24.1 Å². The zero-order valence-electron chi connectivity index (χ0n) is 19.9. The van der Waals surface area contributed by atoms with Gasteiger partial charge in [-0.25, -0.2) is 0 Å². The molecule has 0 unspecified atom stereocenters. The van der Waals surface area contributed by atoms with Crippen molar-refractivity contribution >= 4 is 46.8 Å². The molecule has 186 valence electrons. The first kappa shape index (κ1) is 26.7. The average Bonchev–Trinajstić information content (AvgIpc) is 3.08. The highest BCUT2D eigenvalue weighted by atomic mass is 35.5. The van der Waals surface area contributed by atoms with E-state index in [-0.39, 0.29) is 49.6 Å². The van der Waals surface area contributed by atoms with Gasteiger partial charge >= 0.3 is 0 Å². The van der Waals surface area contributed by atoms with E-state index >= 15 is 0 Å². The molecule has 0 aliphatic carbocycles. The Balaban J connectivity index is 1.69. The Morgan fingerprint density at radius 1 is 0.971 bits per heavy atom. The predicted octanol–water partition coefficient (Wildman–Crippen LogP) is 4.70. The number of imide groups is 1. The number of nitrogens with one attached hydrogen (secondary N) is 1. The van der Waals surface area contributed by atoms with Gasteiger partial charge < -0.3 is 10.2 Å². The monoisotopic (exact) mass is 517 g/mol. The van der Waals surface area contributed by atoms with Crippen molar-refractivity contribution in [3.8, 4) is 0 Å². The van der Waals surface area contributed by atoms with Crippen molar-refractivity contribution in [3.05, 3.63) is 69.2 Å². The summed E-state index contributed by atoms with van der Waals surface area (Å²) in [6.07, 6.45) is 2.08. The maximum atomic E-state index is 13.3. The van der Waals surface area contributed by atoms with E-state index in [4.69, 9.17) is 23.2 Å². The van der Waals surface area contributed by atoms with Gasteiger partial charge in [-0.05, 0) is 44.0 Å². The van der Waals surface area contributed by atoms with Crippen LogP contribution < -0.4 is 5.32 Å². The van der Waals surface area contributed by atoms with Crippen LogP contribution in [0.1, 0.15) is 65.8 Å². The van der Waals surface area contributed by atoms with Crippen LogP contribution in [0.4, 0.5) is 0 Å². The number of fused-ring (bicyclic) bond motifs is 1. The largest absolute Gasteiger partial charge is 0.354 e. The molecule has 9 heteroatoms. The van der Waals surface area contributed by atoms with Crippen LogP contribution >= 0.6 is 23.2 Å². The van der Waals surface area contributed by atoms with Crippen LogP contribution in [0.3, 0.4) is 0 Å². The number of amides is 4. The van der Waals surface area contributed by atoms with Gasteiger partial charge in [0.05, 0.1) is 11.1 Å². The molecule has 0 radical (unpaired) electrons. The summed E-state index contributed by atoms with van der Waals surface area (Å²) in [5.74, 6) is -1.28. The molecule has 1 N–H and O–H groups in total. The normalized spacial score (nSPS) is 13.5. The summed E-state index contributed by atoms with van der Waals surface area (Å²) < 4.78 is 0. The lowest BCUT2D eigenvalue weighted by Crippen LogP contribution is -2.48. The highest BCUT2D eigenvalue weighted by Gasteiger charge is 2.35. The van der Waals surface area contributed by atoms with Crippen LogP contribution in [-0.4, -0.2) is 52.6 Å². The minimum atomic E-state index is -0.758. The van der Waals surface area contributed by atoms with E-state index in [1.807, 2.05) is 6.92 Å². The second-order valence-electron chi connectivity index (χ2n) is 8.45. The van der Waals surface area contributed by atoms with Crippen LogP contribution in [0.25, 0.3) is 0 Å². The summed E-state index contributed by atoms with van der Waals surface area (Å²) >= 11 is 12.7. The van der Waals surface area contributed by atoms with E-state index < -0.39 is 6.04 Å². The molecule has 1 aliphatic heterocycles. The van der Waals surface area contributed by atoms with Crippen molar-refractivity contribution in [2.75, 3.05) is 13.1 Å². The third-order valence-corrected chi connectivity index (χ3v) is 6.75. The topological polar surface area (TPSA) is 86.8 Å². The predicted molar refractivity (Wildman–Crippen MR) is 135 cm³/mol. The van der Waals surface area contributed by atoms with Gasteiger partial charge in [0.25, 0.3) is 11.8 Å². The zero-order valence-corrected chi connectivity index (χ0v) is 21.4. The standard InChI is InChI=1S/C26H29Cl2N3O4/c1-3-4-14-29-24(33)17(2)31(16-20-21(27)11-7-12-22(20)28)23(32)13-8-15-30-25(34)18-9-5-6-10-19(18)26(30)35/h5-7,9-12,17H,3-4,8,13-16H2,1-2H3,(H,29,33)/t17-/m0/s1. The van der Waals surface area contributed by atoms with Gasteiger partial charge in [0.15, 0.2) is 0 Å². The van der Waals surface area contributed by atoms with Crippen molar-refractivity contribution < 1.29 is 19.2 Å². The molecule has 4 amide bonds.